The third-order valence-corrected chi connectivity index (χ3v) is 1.42. The highest BCUT2D eigenvalue weighted by Gasteiger charge is 2.04. The Balaban J connectivity index is 3.10. The molecule has 0 fully saturated rings. The SMILES string of the molecule is COc1cnc(C=O)c(OC)c1. The summed E-state index contributed by atoms with van der Waals surface area (Å²) in [5, 5.41) is 0. The molecule has 4 heteroatoms. The van der Waals surface area contributed by atoms with Gasteiger partial charge in [-0.2, -0.15) is 0 Å². The summed E-state index contributed by atoms with van der Waals surface area (Å²) < 4.78 is 9.80. The molecule has 4 nitrogen and oxygen atoms in total. The van der Waals surface area contributed by atoms with Crippen molar-refractivity contribution in [2.45, 2.75) is 0 Å². The van der Waals surface area contributed by atoms with E-state index in [2.05, 4.69) is 4.98 Å². The van der Waals surface area contributed by atoms with Gasteiger partial charge in [-0.25, -0.2) is 4.98 Å². The minimum atomic E-state index is 0.276. The molecule has 0 radical (unpaired) electrons. The maximum atomic E-state index is 10.4. The van der Waals surface area contributed by atoms with E-state index in [9.17, 15) is 4.79 Å². The molecule has 0 bridgehead atoms. The average Bonchev–Trinajstić information content (AvgIpc) is 2.16. The predicted octanol–water partition coefficient (Wildman–Crippen LogP) is 0.911. The van der Waals surface area contributed by atoms with Gasteiger partial charge in [-0.15, -0.1) is 0 Å². The fourth-order valence-electron chi connectivity index (χ4n) is 0.801. The predicted molar refractivity (Wildman–Crippen MR) is 42.7 cm³/mol. The quantitative estimate of drug-likeness (QED) is 0.628. The Morgan fingerprint density at radius 1 is 1.42 bits per heavy atom. The van der Waals surface area contributed by atoms with E-state index in [0.29, 0.717) is 17.8 Å². The van der Waals surface area contributed by atoms with E-state index < -0.39 is 0 Å². The molecule has 0 N–H and O–H groups in total. The van der Waals surface area contributed by atoms with Crippen LogP contribution in [0.2, 0.25) is 0 Å². The van der Waals surface area contributed by atoms with E-state index in [1.54, 1.807) is 6.07 Å². The standard InChI is InChI=1S/C8H9NO3/c1-11-6-3-8(12-2)7(5-10)9-4-6/h3-5H,1-2H3. The maximum Gasteiger partial charge on any atom is 0.172 e. The van der Waals surface area contributed by atoms with E-state index in [1.165, 1.54) is 20.4 Å². The number of methoxy groups -OCH3 is 2. The van der Waals surface area contributed by atoms with Crippen molar-refractivity contribution >= 4 is 6.29 Å². The second-order valence-electron chi connectivity index (χ2n) is 2.08. The summed E-state index contributed by atoms with van der Waals surface area (Å²) >= 11 is 0. The smallest absolute Gasteiger partial charge is 0.172 e. The Labute approximate surface area is 70.1 Å². The van der Waals surface area contributed by atoms with Crippen molar-refractivity contribution in [1.29, 1.82) is 0 Å². The minimum Gasteiger partial charge on any atom is -0.495 e. The largest absolute Gasteiger partial charge is 0.495 e. The van der Waals surface area contributed by atoms with Crippen LogP contribution in [-0.2, 0) is 0 Å². The van der Waals surface area contributed by atoms with E-state index >= 15 is 0 Å². The average molecular weight is 167 g/mol. The van der Waals surface area contributed by atoms with Gasteiger partial charge in [0.2, 0.25) is 0 Å². The Morgan fingerprint density at radius 2 is 2.17 bits per heavy atom. The van der Waals surface area contributed by atoms with Crippen molar-refractivity contribution in [3.05, 3.63) is 18.0 Å². The monoisotopic (exact) mass is 167 g/mol. The van der Waals surface area contributed by atoms with Crippen LogP contribution in [0.1, 0.15) is 10.5 Å². The van der Waals surface area contributed by atoms with Crippen molar-refractivity contribution in [2.24, 2.45) is 0 Å². The molecule has 1 rings (SSSR count). The molecule has 64 valence electrons. The van der Waals surface area contributed by atoms with Crippen LogP contribution >= 0.6 is 0 Å². The molecule has 0 aliphatic rings. The first-order valence-electron chi connectivity index (χ1n) is 3.35. The molecule has 0 spiro atoms. The van der Waals surface area contributed by atoms with Gasteiger partial charge in [0.05, 0.1) is 20.4 Å². The van der Waals surface area contributed by atoms with Crippen LogP contribution in [0.4, 0.5) is 0 Å². The number of aldehydes is 1. The normalized spacial score (nSPS) is 9.17. The number of hydrogen-bond donors (Lipinski definition) is 0. The summed E-state index contributed by atoms with van der Waals surface area (Å²) in [6.07, 6.45) is 2.10. The van der Waals surface area contributed by atoms with Gasteiger partial charge in [0.1, 0.15) is 11.4 Å². The molecule has 1 heterocycles. The first-order chi connectivity index (χ1) is 5.81. The van der Waals surface area contributed by atoms with Gasteiger partial charge in [0.25, 0.3) is 0 Å². The first-order valence-corrected chi connectivity index (χ1v) is 3.35. The van der Waals surface area contributed by atoms with Gasteiger partial charge in [0, 0.05) is 6.07 Å². The van der Waals surface area contributed by atoms with Gasteiger partial charge < -0.3 is 9.47 Å². The highest BCUT2D eigenvalue weighted by Crippen LogP contribution is 2.20. The molecular weight excluding hydrogens is 158 g/mol. The molecule has 1 aromatic heterocycles. The van der Waals surface area contributed by atoms with Crippen molar-refractivity contribution < 1.29 is 14.3 Å². The number of rotatable bonds is 3. The number of aromatic nitrogens is 1. The first kappa shape index (κ1) is 8.52. The lowest BCUT2D eigenvalue weighted by Gasteiger charge is -2.04. The fraction of sp³-hybridized carbons (Fsp3) is 0.250. The van der Waals surface area contributed by atoms with E-state index in [1.807, 2.05) is 0 Å². The molecule has 0 saturated heterocycles. The van der Waals surface area contributed by atoms with Crippen molar-refractivity contribution in [3.8, 4) is 11.5 Å². The number of pyridine rings is 1. The lowest BCUT2D eigenvalue weighted by Crippen LogP contribution is -1.95. The summed E-state index contributed by atoms with van der Waals surface area (Å²) in [7, 11) is 3.00. The number of hydrogen-bond acceptors (Lipinski definition) is 4. The van der Waals surface area contributed by atoms with E-state index in [-0.39, 0.29) is 5.69 Å². The van der Waals surface area contributed by atoms with Crippen LogP contribution in [0.15, 0.2) is 12.3 Å². The zero-order valence-electron chi connectivity index (χ0n) is 6.90. The topological polar surface area (TPSA) is 48.4 Å². The van der Waals surface area contributed by atoms with Gasteiger partial charge >= 0.3 is 0 Å². The van der Waals surface area contributed by atoms with Crippen molar-refractivity contribution in [1.82, 2.24) is 4.98 Å². The van der Waals surface area contributed by atoms with Crippen LogP contribution in [0, 0.1) is 0 Å². The molecule has 0 saturated carbocycles. The zero-order chi connectivity index (χ0) is 8.97. The Morgan fingerprint density at radius 3 is 2.67 bits per heavy atom. The minimum absolute atomic E-state index is 0.276. The molecule has 12 heavy (non-hydrogen) atoms. The van der Waals surface area contributed by atoms with Crippen LogP contribution < -0.4 is 9.47 Å². The fourth-order valence-corrected chi connectivity index (χ4v) is 0.801. The van der Waals surface area contributed by atoms with Gasteiger partial charge in [0.15, 0.2) is 12.0 Å². The van der Waals surface area contributed by atoms with E-state index in [4.69, 9.17) is 9.47 Å². The number of carbonyl (C=O) groups is 1. The maximum absolute atomic E-state index is 10.4. The van der Waals surface area contributed by atoms with Gasteiger partial charge in [-0.05, 0) is 0 Å². The molecule has 0 aromatic carbocycles. The van der Waals surface area contributed by atoms with Crippen LogP contribution in [0.3, 0.4) is 0 Å². The zero-order valence-corrected chi connectivity index (χ0v) is 6.90. The van der Waals surface area contributed by atoms with Crippen LogP contribution in [0.5, 0.6) is 11.5 Å². The molecule has 0 atom stereocenters. The second-order valence-corrected chi connectivity index (χ2v) is 2.08. The summed E-state index contributed by atoms with van der Waals surface area (Å²) in [5.74, 6) is 0.988. The number of ether oxygens (including phenoxy) is 2. The summed E-state index contributed by atoms with van der Waals surface area (Å²) in [6, 6.07) is 1.61. The Hall–Kier alpha value is -1.58. The number of nitrogens with zero attached hydrogens (tertiary/aromatic N) is 1. The lowest BCUT2D eigenvalue weighted by molar-refractivity contribution is 0.111. The summed E-state index contributed by atoms with van der Waals surface area (Å²) in [6.45, 7) is 0. The third-order valence-electron chi connectivity index (χ3n) is 1.42. The number of carbonyl (C=O) groups excluding carboxylic acids is 1. The molecule has 0 aliphatic carbocycles. The molecule has 0 unspecified atom stereocenters. The lowest BCUT2D eigenvalue weighted by atomic mass is 10.3. The summed E-state index contributed by atoms with van der Waals surface area (Å²) in [5.41, 5.74) is 0.276. The Kier molecular flexibility index (Phi) is 2.63. The van der Waals surface area contributed by atoms with E-state index in [0.717, 1.165) is 0 Å². The highest BCUT2D eigenvalue weighted by molar-refractivity contribution is 5.76. The van der Waals surface area contributed by atoms with Crippen molar-refractivity contribution in [2.75, 3.05) is 14.2 Å². The Bertz CT molecular complexity index is 286. The second kappa shape index (κ2) is 3.71. The van der Waals surface area contributed by atoms with Gasteiger partial charge in [-0.1, -0.05) is 0 Å². The highest BCUT2D eigenvalue weighted by atomic mass is 16.5. The molecule has 0 aliphatic heterocycles. The third kappa shape index (κ3) is 1.53. The van der Waals surface area contributed by atoms with Crippen LogP contribution in [0.25, 0.3) is 0 Å². The van der Waals surface area contributed by atoms with Crippen molar-refractivity contribution in [3.63, 3.8) is 0 Å². The van der Waals surface area contributed by atoms with Crippen LogP contribution in [-0.4, -0.2) is 25.5 Å². The molecular formula is C8H9NO3. The summed E-state index contributed by atoms with van der Waals surface area (Å²) in [4.78, 5) is 14.2. The molecule has 0 amide bonds. The molecule has 1 aromatic rings. The van der Waals surface area contributed by atoms with Gasteiger partial charge in [-0.3, -0.25) is 4.79 Å².